The molecular formula is C21H27Cl2N7O. The lowest BCUT2D eigenvalue weighted by Gasteiger charge is -2.24. The fraction of sp³-hybridized carbons (Fsp3) is 0.381. The minimum Gasteiger partial charge on any atom is -0.366 e. The third-order valence-corrected chi connectivity index (χ3v) is 5.77. The topological polar surface area (TPSA) is 95.4 Å². The second-order valence-corrected chi connectivity index (χ2v) is 8.27. The summed E-state index contributed by atoms with van der Waals surface area (Å²) in [6.45, 7) is 5.90. The Labute approximate surface area is 193 Å². The number of pyridine rings is 1. The molecule has 0 bridgehead atoms. The number of anilines is 4. The van der Waals surface area contributed by atoms with Gasteiger partial charge in [0.25, 0.3) is 0 Å². The van der Waals surface area contributed by atoms with Crippen LogP contribution in [0.25, 0.3) is 5.65 Å². The molecule has 4 N–H and O–H groups in total. The van der Waals surface area contributed by atoms with Crippen LogP contribution in [0.4, 0.5) is 23.1 Å². The van der Waals surface area contributed by atoms with Crippen LogP contribution in [0, 0.1) is 0 Å². The lowest BCUT2D eigenvalue weighted by atomic mass is 9.86. The van der Waals surface area contributed by atoms with Gasteiger partial charge >= 0.3 is 0 Å². The molecule has 1 amide bonds. The van der Waals surface area contributed by atoms with Crippen LogP contribution in [0.2, 0.25) is 0 Å². The Balaban J connectivity index is 0.00000136. The van der Waals surface area contributed by atoms with Gasteiger partial charge in [0.1, 0.15) is 5.82 Å². The van der Waals surface area contributed by atoms with Crippen LogP contribution in [0.15, 0.2) is 36.4 Å². The summed E-state index contributed by atoms with van der Waals surface area (Å²) in [5.41, 5.74) is 2.94. The second-order valence-electron chi connectivity index (χ2n) is 8.27. The maximum Gasteiger partial charge on any atom is 0.247 e. The van der Waals surface area contributed by atoms with Crippen molar-refractivity contribution in [2.24, 2.45) is 0 Å². The van der Waals surface area contributed by atoms with Gasteiger partial charge in [-0.05, 0) is 63.1 Å². The third-order valence-electron chi connectivity index (χ3n) is 5.77. The summed E-state index contributed by atoms with van der Waals surface area (Å²) < 4.78 is 1.83. The highest BCUT2D eigenvalue weighted by molar-refractivity contribution is 6.06. The molecule has 4 heterocycles. The van der Waals surface area contributed by atoms with Gasteiger partial charge in [-0.25, -0.2) is 0 Å². The zero-order valence-electron chi connectivity index (χ0n) is 17.4. The number of carbonyl (C=O) groups is 1. The van der Waals surface area contributed by atoms with E-state index in [1.165, 1.54) is 6.42 Å². The molecule has 0 saturated carbocycles. The first-order chi connectivity index (χ1) is 14.0. The Kier molecular flexibility index (Phi) is 6.64. The average Bonchev–Trinajstić information content (AvgIpc) is 3.21. The molecule has 8 nitrogen and oxygen atoms in total. The van der Waals surface area contributed by atoms with Gasteiger partial charge in [0.2, 0.25) is 11.9 Å². The minimum atomic E-state index is -0.510. The summed E-state index contributed by atoms with van der Waals surface area (Å²) in [5.74, 6) is 1.47. The molecule has 166 valence electrons. The molecule has 3 aromatic rings. The van der Waals surface area contributed by atoms with Crippen LogP contribution >= 0.6 is 24.8 Å². The van der Waals surface area contributed by atoms with Crippen LogP contribution in [0.5, 0.6) is 0 Å². The summed E-state index contributed by atoms with van der Waals surface area (Å²) in [7, 11) is 0. The fourth-order valence-electron chi connectivity index (χ4n) is 4.05. The molecule has 1 saturated heterocycles. The third kappa shape index (κ3) is 4.28. The highest BCUT2D eigenvalue weighted by Crippen LogP contribution is 2.38. The summed E-state index contributed by atoms with van der Waals surface area (Å²) in [5, 5.41) is 17.8. The molecule has 31 heavy (non-hydrogen) atoms. The first-order valence-electron chi connectivity index (χ1n) is 10.1. The summed E-state index contributed by atoms with van der Waals surface area (Å²) in [4.78, 5) is 16.8. The Morgan fingerprint density at radius 3 is 2.81 bits per heavy atom. The summed E-state index contributed by atoms with van der Waals surface area (Å²) in [6.07, 6.45) is 2.31. The Hall–Kier alpha value is -2.55. The smallest absolute Gasteiger partial charge is 0.247 e. The molecule has 5 rings (SSSR count). The number of fused-ring (bicyclic) bond motifs is 2. The molecule has 1 atom stereocenters. The van der Waals surface area contributed by atoms with Crippen LogP contribution in [-0.2, 0) is 10.2 Å². The van der Waals surface area contributed by atoms with E-state index in [4.69, 9.17) is 0 Å². The van der Waals surface area contributed by atoms with Crippen molar-refractivity contribution in [3.8, 4) is 0 Å². The van der Waals surface area contributed by atoms with Gasteiger partial charge in [-0.15, -0.1) is 29.9 Å². The first kappa shape index (κ1) is 23.1. The lowest BCUT2D eigenvalue weighted by Crippen LogP contribution is -2.38. The second kappa shape index (κ2) is 8.90. The number of aromatic nitrogens is 3. The average molecular weight is 464 g/mol. The Bertz CT molecular complexity index is 1090. The molecule has 0 radical (unpaired) electrons. The van der Waals surface area contributed by atoms with Gasteiger partial charge in [0, 0.05) is 24.0 Å². The zero-order valence-corrected chi connectivity index (χ0v) is 19.1. The van der Waals surface area contributed by atoms with Crippen molar-refractivity contribution < 1.29 is 4.79 Å². The van der Waals surface area contributed by atoms with Crippen LogP contribution in [0.1, 0.15) is 32.3 Å². The number of benzene rings is 1. The van der Waals surface area contributed by atoms with E-state index >= 15 is 0 Å². The molecule has 0 spiro atoms. The lowest BCUT2D eigenvalue weighted by molar-refractivity contribution is -0.119. The van der Waals surface area contributed by atoms with Crippen molar-refractivity contribution in [2.75, 3.05) is 29.0 Å². The van der Waals surface area contributed by atoms with E-state index in [9.17, 15) is 4.79 Å². The predicted octanol–water partition coefficient (Wildman–Crippen LogP) is 3.71. The molecule has 1 fully saturated rings. The van der Waals surface area contributed by atoms with Gasteiger partial charge in [0.05, 0.1) is 5.41 Å². The van der Waals surface area contributed by atoms with E-state index in [0.717, 1.165) is 47.9 Å². The number of rotatable bonds is 4. The van der Waals surface area contributed by atoms with Crippen LogP contribution in [-0.4, -0.2) is 39.6 Å². The number of nitrogens with zero attached hydrogens (tertiary/aromatic N) is 3. The van der Waals surface area contributed by atoms with Gasteiger partial charge < -0.3 is 21.3 Å². The number of amides is 1. The maximum atomic E-state index is 12.2. The Morgan fingerprint density at radius 1 is 1.19 bits per heavy atom. The van der Waals surface area contributed by atoms with Gasteiger partial charge in [-0.3, -0.25) is 4.79 Å². The number of hydrogen-bond donors (Lipinski definition) is 4. The first-order valence-corrected chi connectivity index (χ1v) is 10.1. The number of piperidine rings is 1. The molecule has 0 aliphatic carbocycles. The predicted molar refractivity (Wildman–Crippen MR) is 128 cm³/mol. The normalized spacial score (nSPS) is 19.0. The summed E-state index contributed by atoms with van der Waals surface area (Å²) in [6, 6.07) is 12.2. The standard InChI is InChI=1S/C21H25N7O.2ClH/c1-21(2)15-9-8-13(11-16(15)25-19(21)29)24-20-26-18-7-3-6-17(28(18)27-20)23-14-5-4-10-22-12-14;;/h3,6-9,11,14,22-23H,4-5,10,12H2,1-2H3,(H,24,27)(H,25,29);2*1H. The van der Waals surface area contributed by atoms with Crippen molar-refractivity contribution in [1.82, 2.24) is 19.9 Å². The largest absolute Gasteiger partial charge is 0.366 e. The Morgan fingerprint density at radius 2 is 2.03 bits per heavy atom. The molecule has 2 aromatic heterocycles. The van der Waals surface area contributed by atoms with E-state index in [-0.39, 0.29) is 30.7 Å². The molecule has 2 aliphatic rings. The van der Waals surface area contributed by atoms with Crippen LogP contribution < -0.4 is 21.3 Å². The quantitative estimate of drug-likeness (QED) is 0.470. The molecular weight excluding hydrogens is 437 g/mol. The zero-order chi connectivity index (χ0) is 20.0. The minimum absolute atomic E-state index is 0. The summed E-state index contributed by atoms with van der Waals surface area (Å²) >= 11 is 0. The van der Waals surface area contributed by atoms with Gasteiger partial charge in [0.15, 0.2) is 5.65 Å². The molecule has 10 heteroatoms. The number of hydrogen-bond acceptors (Lipinski definition) is 6. The molecule has 1 aromatic carbocycles. The highest BCUT2D eigenvalue weighted by Gasteiger charge is 2.38. The van der Waals surface area contributed by atoms with E-state index < -0.39 is 5.41 Å². The van der Waals surface area contributed by atoms with Crippen molar-refractivity contribution in [1.29, 1.82) is 0 Å². The molecule has 1 unspecified atom stereocenters. The van der Waals surface area contributed by atoms with E-state index in [0.29, 0.717) is 12.0 Å². The number of carbonyl (C=O) groups excluding carboxylic acids is 1. The molecule has 2 aliphatic heterocycles. The van der Waals surface area contributed by atoms with E-state index in [1.54, 1.807) is 0 Å². The van der Waals surface area contributed by atoms with Crippen LogP contribution in [0.3, 0.4) is 0 Å². The van der Waals surface area contributed by atoms with Crippen molar-refractivity contribution in [2.45, 2.75) is 38.1 Å². The van der Waals surface area contributed by atoms with Crippen molar-refractivity contribution in [3.63, 3.8) is 0 Å². The number of halogens is 2. The van der Waals surface area contributed by atoms with Gasteiger partial charge in [-0.2, -0.15) is 9.50 Å². The fourth-order valence-corrected chi connectivity index (χ4v) is 4.05. The van der Waals surface area contributed by atoms with E-state index in [1.807, 2.05) is 54.8 Å². The number of nitrogens with one attached hydrogen (secondary N) is 4. The highest BCUT2D eigenvalue weighted by atomic mass is 35.5. The van der Waals surface area contributed by atoms with Crippen molar-refractivity contribution >= 4 is 59.5 Å². The van der Waals surface area contributed by atoms with Gasteiger partial charge in [-0.1, -0.05) is 12.1 Å². The monoisotopic (exact) mass is 463 g/mol. The SMILES string of the molecule is CC1(C)C(=O)Nc2cc(Nc3nc4cccc(NC5CCCNC5)n4n3)ccc21.Cl.Cl. The maximum absolute atomic E-state index is 12.2. The van der Waals surface area contributed by atoms with E-state index in [2.05, 4.69) is 31.3 Å². The van der Waals surface area contributed by atoms with Crippen molar-refractivity contribution in [3.05, 3.63) is 42.0 Å².